The third kappa shape index (κ3) is 3.30. The normalized spacial score (nSPS) is 16.3. The van der Waals surface area contributed by atoms with Gasteiger partial charge < -0.3 is 9.64 Å². The molecule has 1 unspecified atom stereocenters. The van der Waals surface area contributed by atoms with Crippen LogP contribution in [0.25, 0.3) is 16.7 Å². The van der Waals surface area contributed by atoms with Gasteiger partial charge in [0.15, 0.2) is 5.82 Å². The molecule has 152 valence electrons. The summed E-state index contributed by atoms with van der Waals surface area (Å²) < 4.78 is 8.77. The first-order chi connectivity index (χ1) is 14.7. The van der Waals surface area contributed by atoms with Crippen LogP contribution in [0.15, 0.2) is 66.1 Å². The lowest BCUT2D eigenvalue weighted by molar-refractivity contribution is 0.415. The van der Waals surface area contributed by atoms with Crippen molar-refractivity contribution in [1.82, 2.24) is 24.3 Å². The quantitative estimate of drug-likeness (QED) is 0.511. The van der Waals surface area contributed by atoms with Crippen LogP contribution in [0.5, 0.6) is 5.75 Å². The van der Waals surface area contributed by atoms with Crippen molar-refractivity contribution in [1.29, 1.82) is 0 Å². The first kappa shape index (κ1) is 18.4. The maximum absolute atomic E-state index is 12.5. The number of fused-ring (bicyclic) bond motifs is 1. The standard InChI is InChI=1S/C22H22N6O2/c1-30-17-4-5-19-18(13-17)20(8-9-24-19)27-11-2-3-16(27)14-28-22(29)7-6-21(25-28)26-12-10-23-15-26/h4-10,12-13,15-16H,2-3,11,14H2,1H3. The molecule has 8 heteroatoms. The third-order valence-electron chi connectivity index (χ3n) is 5.62. The van der Waals surface area contributed by atoms with Gasteiger partial charge in [-0.1, -0.05) is 0 Å². The maximum atomic E-state index is 12.5. The van der Waals surface area contributed by atoms with E-state index in [1.54, 1.807) is 41.0 Å². The number of anilines is 1. The molecule has 4 heterocycles. The monoisotopic (exact) mass is 402 g/mol. The molecular weight excluding hydrogens is 380 g/mol. The summed E-state index contributed by atoms with van der Waals surface area (Å²) in [6, 6.07) is 11.4. The Hall–Kier alpha value is -3.68. The summed E-state index contributed by atoms with van der Waals surface area (Å²) in [5.74, 6) is 1.48. The molecule has 1 fully saturated rings. The lowest BCUT2D eigenvalue weighted by Gasteiger charge is -2.28. The topological polar surface area (TPSA) is 78.1 Å². The number of hydrogen-bond acceptors (Lipinski definition) is 6. The van der Waals surface area contributed by atoms with E-state index in [0.717, 1.165) is 41.7 Å². The highest BCUT2D eigenvalue weighted by Crippen LogP contribution is 2.33. The highest BCUT2D eigenvalue weighted by molar-refractivity contribution is 5.92. The largest absolute Gasteiger partial charge is 0.497 e. The number of imidazole rings is 1. The van der Waals surface area contributed by atoms with Crippen molar-refractivity contribution >= 4 is 16.6 Å². The van der Waals surface area contributed by atoms with E-state index in [2.05, 4.69) is 20.0 Å². The molecule has 0 amide bonds. The summed E-state index contributed by atoms with van der Waals surface area (Å²) in [5.41, 5.74) is 1.93. The van der Waals surface area contributed by atoms with Crippen molar-refractivity contribution in [2.24, 2.45) is 0 Å². The van der Waals surface area contributed by atoms with E-state index in [-0.39, 0.29) is 11.6 Å². The molecule has 0 radical (unpaired) electrons. The van der Waals surface area contributed by atoms with Gasteiger partial charge in [0.1, 0.15) is 12.1 Å². The van der Waals surface area contributed by atoms with Crippen molar-refractivity contribution in [3.05, 3.63) is 71.7 Å². The molecule has 3 aromatic heterocycles. The number of methoxy groups -OCH3 is 1. The molecule has 0 N–H and O–H groups in total. The second-order valence-electron chi connectivity index (χ2n) is 7.38. The van der Waals surface area contributed by atoms with Crippen molar-refractivity contribution in [2.75, 3.05) is 18.6 Å². The van der Waals surface area contributed by atoms with Gasteiger partial charge in [0.2, 0.25) is 0 Å². The molecule has 30 heavy (non-hydrogen) atoms. The Labute approximate surface area is 173 Å². The first-order valence-corrected chi connectivity index (χ1v) is 9.99. The molecule has 1 atom stereocenters. The Bertz CT molecular complexity index is 1230. The van der Waals surface area contributed by atoms with Crippen LogP contribution in [0.2, 0.25) is 0 Å². The molecule has 0 bridgehead atoms. The fourth-order valence-electron chi connectivity index (χ4n) is 4.13. The summed E-state index contributed by atoms with van der Waals surface area (Å²) >= 11 is 0. The number of ether oxygens (including phenoxy) is 1. The zero-order valence-corrected chi connectivity index (χ0v) is 16.7. The Kier molecular flexibility index (Phi) is 4.66. The van der Waals surface area contributed by atoms with E-state index in [9.17, 15) is 4.79 Å². The number of benzene rings is 1. The summed E-state index contributed by atoms with van der Waals surface area (Å²) in [7, 11) is 1.67. The molecule has 0 saturated carbocycles. The first-order valence-electron chi connectivity index (χ1n) is 9.99. The highest BCUT2D eigenvalue weighted by atomic mass is 16.5. The number of hydrogen-bond donors (Lipinski definition) is 0. The van der Waals surface area contributed by atoms with Crippen LogP contribution in [-0.2, 0) is 6.54 Å². The SMILES string of the molecule is COc1ccc2nccc(N3CCCC3Cn3nc(-n4ccnc4)ccc3=O)c2c1. The molecular formula is C22H22N6O2. The lowest BCUT2D eigenvalue weighted by Crippen LogP contribution is -2.37. The molecule has 8 nitrogen and oxygen atoms in total. The Morgan fingerprint density at radius 3 is 2.93 bits per heavy atom. The minimum atomic E-state index is -0.105. The van der Waals surface area contributed by atoms with Gasteiger partial charge in [-0.25, -0.2) is 9.67 Å². The van der Waals surface area contributed by atoms with Gasteiger partial charge in [0.25, 0.3) is 5.56 Å². The number of rotatable bonds is 5. The van der Waals surface area contributed by atoms with Gasteiger partial charge in [0, 0.05) is 48.3 Å². The predicted molar refractivity (Wildman–Crippen MR) is 114 cm³/mol. The lowest BCUT2D eigenvalue weighted by atomic mass is 10.1. The van der Waals surface area contributed by atoms with Crippen LogP contribution < -0.4 is 15.2 Å². The van der Waals surface area contributed by atoms with Gasteiger partial charge in [-0.15, -0.1) is 0 Å². The van der Waals surface area contributed by atoms with Crippen LogP contribution >= 0.6 is 0 Å². The predicted octanol–water partition coefficient (Wildman–Crippen LogP) is 2.65. The molecule has 1 aliphatic heterocycles. The van der Waals surface area contributed by atoms with Gasteiger partial charge in [-0.2, -0.15) is 5.10 Å². The van der Waals surface area contributed by atoms with E-state index < -0.39 is 0 Å². The van der Waals surface area contributed by atoms with Gasteiger partial charge in [-0.05, 0) is 43.2 Å². The Morgan fingerprint density at radius 2 is 2.10 bits per heavy atom. The number of aromatic nitrogens is 5. The van der Waals surface area contributed by atoms with Crippen molar-refractivity contribution in [2.45, 2.75) is 25.4 Å². The summed E-state index contributed by atoms with van der Waals surface area (Å²) in [6.45, 7) is 1.45. The average Bonchev–Trinajstić information content (AvgIpc) is 3.47. The van der Waals surface area contributed by atoms with Crippen LogP contribution in [0.1, 0.15) is 12.8 Å². The third-order valence-corrected chi connectivity index (χ3v) is 5.62. The van der Waals surface area contributed by atoms with E-state index >= 15 is 0 Å². The van der Waals surface area contributed by atoms with E-state index in [1.807, 2.05) is 36.7 Å². The smallest absolute Gasteiger partial charge is 0.266 e. The van der Waals surface area contributed by atoms with Gasteiger partial charge >= 0.3 is 0 Å². The van der Waals surface area contributed by atoms with Crippen molar-refractivity contribution in [3.63, 3.8) is 0 Å². The molecule has 0 spiro atoms. The van der Waals surface area contributed by atoms with Crippen molar-refractivity contribution in [3.8, 4) is 11.6 Å². The zero-order valence-electron chi connectivity index (χ0n) is 16.7. The van der Waals surface area contributed by atoms with Gasteiger partial charge in [-0.3, -0.25) is 14.3 Å². The minimum Gasteiger partial charge on any atom is -0.497 e. The number of pyridine rings is 1. The minimum absolute atomic E-state index is 0.105. The Morgan fingerprint density at radius 1 is 1.17 bits per heavy atom. The Balaban J connectivity index is 1.49. The molecule has 4 aromatic rings. The zero-order chi connectivity index (χ0) is 20.5. The maximum Gasteiger partial charge on any atom is 0.266 e. The molecule has 5 rings (SSSR count). The molecule has 1 saturated heterocycles. The fourth-order valence-corrected chi connectivity index (χ4v) is 4.13. The summed E-state index contributed by atoms with van der Waals surface area (Å²) in [5, 5.41) is 5.62. The summed E-state index contributed by atoms with van der Waals surface area (Å²) in [4.78, 5) is 23.4. The molecule has 1 aliphatic rings. The van der Waals surface area contributed by atoms with E-state index in [1.165, 1.54) is 0 Å². The van der Waals surface area contributed by atoms with Crippen LogP contribution in [0.4, 0.5) is 5.69 Å². The fraction of sp³-hybridized carbons (Fsp3) is 0.273. The van der Waals surface area contributed by atoms with Crippen LogP contribution in [-0.4, -0.2) is 44.0 Å². The van der Waals surface area contributed by atoms with Crippen LogP contribution in [0, 0.1) is 0 Å². The molecule has 1 aromatic carbocycles. The summed E-state index contributed by atoms with van der Waals surface area (Å²) in [6.07, 6.45) is 9.08. The van der Waals surface area contributed by atoms with Gasteiger partial charge in [0.05, 0.1) is 19.2 Å². The average molecular weight is 402 g/mol. The van der Waals surface area contributed by atoms with Crippen molar-refractivity contribution < 1.29 is 4.74 Å². The second kappa shape index (κ2) is 7.62. The van der Waals surface area contributed by atoms with E-state index in [4.69, 9.17) is 4.74 Å². The van der Waals surface area contributed by atoms with Crippen LogP contribution in [0.3, 0.4) is 0 Å². The van der Waals surface area contributed by atoms with E-state index in [0.29, 0.717) is 12.4 Å². The second-order valence-corrected chi connectivity index (χ2v) is 7.38. The molecule has 0 aliphatic carbocycles. The highest BCUT2D eigenvalue weighted by Gasteiger charge is 2.27. The number of nitrogens with zero attached hydrogens (tertiary/aromatic N) is 6.